The van der Waals surface area contributed by atoms with Crippen molar-refractivity contribution in [3.8, 4) is 0 Å². The Hall–Kier alpha value is -0.880. The summed E-state index contributed by atoms with van der Waals surface area (Å²) >= 11 is 0. The van der Waals surface area contributed by atoms with E-state index < -0.39 is 11.3 Å². The predicted octanol–water partition coefficient (Wildman–Crippen LogP) is 2.99. The maximum absolute atomic E-state index is 10.8. The fraction of sp³-hybridized carbons (Fsp3) is 1.00. The van der Waals surface area contributed by atoms with E-state index in [1.165, 1.54) is 25.7 Å². The summed E-state index contributed by atoms with van der Waals surface area (Å²) in [6.45, 7) is 4.22. The van der Waals surface area contributed by atoms with E-state index in [4.69, 9.17) is 9.57 Å². The highest BCUT2D eigenvalue weighted by molar-refractivity contribution is 4.86. The molecule has 0 spiro atoms. The van der Waals surface area contributed by atoms with Gasteiger partial charge in [0.1, 0.15) is 0 Å². The average Bonchev–Trinajstić information content (AvgIpc) is 3.00. The zero-order valence-corrected chi connectivity index (χ0v) is 13.0. The van der Waals surface area contributed by atoms with Crippen LogP contribution in [0.3, 0.4) is 0 Å². The summed E-state index contributed by atoms with van der Waals surface area (Å²) < 4.78 is 5.64. The van der Waals surface area contributed by atoms with E-state index >= 15 is 0 Å². The van der Waals surface area contributed by atoms with Gasteiger partial charge in [-0.25, -0.2) is 0 Å². The molecule has 2 unspecified atom stereocenters. The molecule has 0 amide bonds. The lowest BCUT2D eigenvalue weighted by Crippen LogP contribution is -2.54. The van der Waals surface area contributed by atoms with E-state index in [0.29, 0.717) is 19.1 Å². The van der Waals surface area contributed by atoms with Crippen LogP contribution >= 0.6 is 0 Å². The molecule has 6 heteroatoms. The van der Waals surface area contributed by atoms with Crippen LogP contribution in [-0.4, -0.2) is 42.0 Å². The number of nitrogens with zero attached hydrogens (tertiary/aromatic N) is 2. The second-order valence-electron chi connectivity index (χ2n) is 6.20. The Kier molecular flexibility index (Phi) is 6.70. The molecule has 0 bridgehead atoms. The summed E-state index contributed by atoms with van der Waals surface area (Å²) in [5.74, 6) is 0.606. The first-order valence-electron chi connectivity index (χ1n) is 8.37. The lowest BCUT2D eigenvalue weighted by molar-refractivity contribution is -0.775. The Balaban J connectivity index is 2.00. The Bertz CT molecular complexity index is 321. The van der Waals surface area contributed by atoms with Gasteiger partial charge in [-0.2, -0.15) is 0 Å². The van der Waals surface area contributed by atoms with Crippen LogP contribution in [-0.2, 0) is 9.57 Å². The fourth-order valence-corrected chi connectivity index (χ4v) is 3.69. The number of hydrogen-bond donors (Lipinski definition) is 0. The van der Waals surface area contributed by atoms with Gasteiger partial charge in [-0.1, -0.05) is 32.6 Å². The van der Waals surface area contributed by atoms with Crippen LogP contribution in [0, 0.1) is 16.0 Å². The molecule has 0 aromatic heterocycles. The zero-order chi connectivity index (χ0) is 15.1. The summed E-state index contributed by atoms with van der Waals surface area (Å²) in [4.78, 5) is 18.1. The quantitative estimate of drug-likeness (QED) is 0.392. The van der Waals surface area contributed by atoms with Crippen molar-refractivity contribution in [3.05, 3.63) is 10.1 Å². The molecule has 122 valence electrons. The van der Waals surface area contributed by atoms with Crippen LogP contribution in [0.15, 0.2) is 0 Å². The molecule has 1 heterocycles. The first kappa shape index (κ1) is 16.5. The third-order valence-electron chi connectivity index (χ3n) is 4.78. The van der Waals surface area contributed by atoms with Gasteiger partial charge >= 0.3 is 0 Å². The summed E-state index contributed by atoms with van der Waals surface area (Å²) in [6, 6.07) is 0.285. The molecule has 1 aliphatic carbocycles. The van der Waals surface area contributed by atoms with Crippen LogP contribution in [0.1, 0.15) is 58.3 Å². The van der Waals surface area contributed by atoms with E-state index in [0.717, 1.165) is 32.2 Å². The van der Waals surface area contributed by atoms with Gasteiger partial charge in [-0.05, 0) is 31.6 Å². The van der Waals surface area contributed by atoms with Crippen LogP contribution < -0.4 is 0 Å². The molecular formula is C15H28N2O4. The van der Waals surface area contributed by atoms with Gasteiger partial charge in [-0.15, -0.1) is 10.1 Å². The monoisotopic (exact) mass is 300 g/mol. The minimum atomic E-state index is -0.627. The van der Waals surface area contributed by atoms with Crippen molar-refractivity contribution in [3.63, 3.8) is 0 Å². The molecule has 6 nitrogen and oxygen atoms in total. The van der Waals surface area contributed by atoms with E-state index in [-0.39, 0.29) is 6.04 Å². The van der Waals surface area contributed by atoms with E-state index in [2.05, 4.69) is 11.8 Å². The Morgan fingerprint density at radius 1 is 1.38 bits per heavy atom. The molecular weight excluding hydrogens is 272 g/mol. The van der Waals surface area contributed by atoms with Crippen molar-refractivity contribution >= 4 is 0 Å². The van der Waals surface area contributed by atoms with Crippen LogP contribution in [0.25, 0.3) is 0 Å². The van der Waals surface area contributed by atoms with Gasteiger partial charge < -0.3 is 4.74 Å². The minimum absolute atomic E-state index is 0.285. The van der Waals surface area contributed by atoms with E-state index in [1.807, 2.05) is 0 Å². The molecule has 2 atom stereocenters. The lowest BCUT2D eigenvalue weighted by Gasteiger charge is -2.42. The maximum atomic E-state index is 10.8. The summed E-state index contributed by atoms with van der Waals surface area (Å²) in [5, 5.41) is 10.2. The SMILES string of the molecule is CCCCCC(O[N+](=O)[O-])N1CCOCC1C1CCCC1. The molecule has 2 rings (SSSR count). The average molecular weight is 300 g/mol. The molecule has 0 aromatic rings. The first-order valence-corrected chi connectivity index (χ1v) is 8.37. The summed E-state index contributed by atoms with van der Waals surface area (Å²) in [6.07, 6.45) is 8.48. The zero-order valence-electron chi connectivity index (χ0n) is 13.0. The van der Waals surface area contributed by atoms with Crippen molar-refractivity contribution in [1.82, 2.24) is 4.90 Å². The second-order valence-corrected chi connectivity index (χ2v) is 6.20. The Morgan fingerprint density at radius 3 is 2.81 bits per heavy atom. The molecule has 0 radical (unpaired) electrons. The third-order valence-corrected chi connectivity index (χ3v) is 4.78. The van der Waals surface area contributed by atoms with Crippen molar-refractivity contribution in [1.29, 1.82) is 0 Å². The predicted molar refractivity (Wildman–Crippen MR) is 79.3 cm³/mol. The van der Waals surface area contributed by atoms with Gasteiger partial charge in [0.15, 0.2) is 6.23 Å². The number of ether oxygens (including phenoxy) is 1. The number of morpholine rings is 1. The third kappa shape index (κ3) is 4.81. The van der Waals surface area contributed by atoms with Crippen LogP contribution in [0.5, 0.6) is 0 Å². The molecule has 1 saturated carbocycles. The molecule has 2 fully saturated rings. The largest absolute Gasteiger partial charge is 0.378 e. The van der Waals surface area contributed by atoms with Crippen molar-refractivity contribution in [2.75, 3.05) is 19.8 Å². The molecule has 0 aromatic carbocycles. The first-order chi connectivity index (χ1) is 10.2. The molecule has 1 saturated heterocycles. The lowest BCUT2D eigenvalue weighted by atomic mass is 9.95. The molecule has 21 heavy (non-hydrogen) atoms. The van der Waals surface area contributed by atoms with Crippen molar-refractivity contribution in [2.24, 2.45) is 5.92 Å². The highest BCUT2D eigenvalue weighted by Gasteiger charge is 2.37. The van der Waals surface area contributed by atoms with E-state index in [1.54, 1.807) is 0 Å². The second kappa shape index (κ2) is 8.54. The van der Waals surface area contributed by atoms with Gasteiger partial charge in [0.2, 0.25) is 0 Å². The molecule has 2 aliphatic rings. The normalized spacial score (nSPS) is 25.9. The Labute approximate surface area is 126 Å². The topological polar surface area (TPSA) is 64.8 Å². The fourth-order valence-electron chi connectivity index (χ4n) is 3.69. The van der Waals surface area contributed by atoms with Gasteiger partial charge in [0.25, 0.3) is 5.09 Å². The molecule has 0 N–H and O–H groups in total. The van der Waals surface area contributed by atoms with Gasteiger partial charge in [0, 0.05) is 12.6 Å². The van der Waals surface area contributed by atoms with Crippen molar-refractivity contribution < 1.29 is 14.7 Å². The maximum Gasteiger partial charge on any atom is 0.296 e. The number of hydrogen-bond acceptors (Lipinski definition) is 5. The highest BCUT2D eigenvalue weighted by atomic mass is 17.0. The smallest absolute Gasteiger partial charge is 0.296 e. The van der Waals surface area contributed by atoms with E-state index in [9.17, 15) is 10.1 Å². The minimum Gasteiger partial charge on any atom is -0.378 e. The van der Waals surface area contributed by atoms with Gasteiger partial charge in [-0.3, -0.25) is 9.74 Å². The number of unbranched alkanes of at least 4 members (excludes halogenated alkanes) is 2. The standard InChI is InChI=1S/C15H28N2O4/c1-2-3-4-9-15(21-17(18)19)16-10-11-20-12-14(16)13-7-5-6-8-13/h13-15H,2-12H2,1H3. The Morgan fingerprint density at radius 2 is 2.14 bits per heavy atom. The van der Waals surface area contributed by atoms with Crippen LogP contribution in [0.2, 0.25) is 0 Å². The van der Waals surface area contributed by atoms with Crippen LogP contribution in [0.4, 0.5) is 0 Å². The summed E-state index contributed by atoms with van der Waals surface area (Å²) in [5.41, 5.74) is 0. The molecule has 1 aliphatic heterocycles. The van der Waals surface area contributed by atoms with Crippen molar-refractivity contribution in [2.45, 2.75) is 70.6 Å². The highest BCUT2D eigenvalue weighted by Crippen LogP contribution is 2.33. The summed E-state index contributed by atoms with van der Waals surface area (Å²) in [7, 11) is 0. The number of rotatable bonds is 8. The van der Waals surface area contributed by atoms with Gasteiger partial charge in [0.05, 0.1) is 13.2 Å².